The molecule has 0 aromatic heterocycles. The first-order valence-electron chi connectivity index (χ1n) is 7.52. The fourth-order valence-electron chi connectivity index (χ4n) is 2.04. The smallest absolute Gasteiger partial charge is 0.225 e. The third kappa shape index (κ3) is 6.87. The first-order valence-corrected chi connectivity index (χ1v) is 8.68. The Labute approximate surface area is 132 Å². The third-order valence-corrected chi connectivity index (χ3v) is 4.41. The highest BCUT2D eigenvalue weighted by Gasteiger charge is 2.05. The highest BCUT2D eigenvalue weighted by atomic mass is 32.2. The third-order valence-electron chi connectivity index (χ3n) is 3.44. The minimum absolute atomic E-state index is 0.0678. The summed E-state index contributed by atoms with van der Waals surface area (Å²) in [6.45, 7) is 9.58. The lowest BCUT2D eigenvalue weighted by Gasteiger charge is -2.17. The molecule has 0 fully saturated rings. The van der Waals surface area contributed by atoms with Gasteiger partial charge in [0, 0.05) is 35.8 Å². The SMILES string of the molecule is CCN(CC)CCSCCC(=O)Nc1ccc(N)cc1C. The van der Waals surface area contributed by atoms with E-state index in [1.807, 2.05) is 30.8 Å². The number of nitrogen functional groups attached to an aromatic ring is 1. The number of thioether (sulfide) groups is 1. The van der Waals surface area contributed by atoms with Crippen molar-refractivity contribution in [1.82, 2.24) is 4.90 Å². The second-order valence-corrected chi connectivity index (χ2v) is 6.24. The monoisotopic (exact) mass is 309 g/mol. The van der Waals surface area contributed by atoms with Crippen LogP contribution in [-0.4, -0.2) is 41.9 Å². The maximum Gasteiger partial charge on any atom is 0.225 e. The molecule has 1 aromatic carbocycles. The quantitative estimate of drug-likeness (QED) is 0.544. The maximum atomic E-state index is 11.9. The number of aryl methyl sites for hydroxylation is 1. The molecule has 1 rings (SSSR count). The largest absolute Gasteiger partial charge is 0.399 e. The summed E-state index contributed by atoms with van der Waals surface area (Å²) < 4.78 is 0. The molecule has 0 aliphatic rings. The summed E-state index contributed by atoms with van der Waals surface area (Å²) in [6, 6.07) is 5.53. The molecule has 0 bridgehead atoms. The number of amides is 1. The molecule has 0 unspecified atom stereocenters. The molecular weight excluding hydrogens is 282 g/mol. The summed E-state index contributed by atoms with van der Waals surface area (Å²) in [7, 11) is 0. The highest BCUT2D eigenvalue weighted by Crippen LogP contribution is 2.18. The maximum absolute atomic E-state index is 11.9. The minimum atomic E-state index is 0.0678. The van der Waals surface area contributed by atoms with Crippen LogP contribution in [0.5, 0.6) is 0 Å². The van der Waals surface area contributed by atoms with Crippen molar-refractivity contribution in [2.24, 2.45) is 0 Å². The van der Waals surface area contributed by atoms with Crippen LogP contribution in [0.1, 0.15) is 25.8 Å². The molecule has 1 amide bonds. The van der Waals surface area contributed by atoms with Crippen LogP contribution in [0.4, 0.5) is 11.4 Å². The zero-order valence-corrected chi connectivity index (χ0v) is 14.1. The van der Waals surface area contributed by atoms with E-state index >= 15 is 0 Å². The Bertz CT molecular complexity index is 447. The van der Waals surface area contributed by atoms with Gasteiger partial charge in [-0.25, -0.2) is 0 Å². The molecule has 0 radical (unpaired) electrons. The van der Waals surface area contributed by atoms with Gasteiger partial charge in [-0.1, -0.05) is 13.8 Å². The molecule has 4 nitrogen and oxygen atoms in total. The van der Waals surface area contributed by atoms with Crippen LogP contribution in [0.2, 0.25) is 0 Å². The van der Waals surface area contributed by atoms with Crippen LogP contribution in [0, 0.1) is 6.92 Å². The average molecular weight is 309 g/mol. The van der Waals surface area contributed by atoms with Crippen molar-refractivity contribution in [3.63, 3.8) is 0 Å². The summed E-state index contributed by atoms with van der Waals surface area (Å²) in [5.74, 6) is 2.01. The van der Waals surface area contributed by atoms with Crippen molar-refractivity contribution < 1.29 is 4.79 Å². The summed E-state index contributed by atoms with van der Waals surface area (Å²) in [5.41, 5.74) is 8.27. The molecule has 5 heteroatoms. The number of carbonyl (C=O) groups excluding carboxylic acids is 1. The van der Waals surface area contributed by atoms with Gasteiger partial charge in [-0.15, -0.1) is 0 Å². The van der Waals surface area contributed by atoms with Gasteiger partial charge in [0.15, 0.2) is 0 Å². The molecule has 0 aliphatic carbocycles. The summed E-state index contributed by atoms with van der Waals surface area (Å²) in [5, 5.41) is 2.94. The molecule has 0 saturated carbocycles. The standard InChI is InChI=1S/C16H27N3OS/c1-4-19(5-2)9-11-21-10-8-16(20)18-15-7-6-14(17)12-13(15)3/h6-7,12H,4-5,8-11,17H2,1-3H3,(H,18,20). The zero-order valence-electron chi connectivity index (χ0n) is 13.3. The molecule has 1 aromatic rings. The van der Waals surface area contributed by atoms with Gasteiger partial charge < -0.3 is 16.0 Å². The number of nitrogens with zero attached hydrogens (tertiary/aromatic N) is 1. The molecule has 0 heterocycles. The first kappa shape index (κ1) is 17.9. The number of anilines is 2. The fraction of sp³-hybridized carbons (Fsp3) is 0.562. The van der Waals surface area contributed by atoms with Crippen LogP contribution in [0.25, 0.3) is 0 Å². The van der Waals surface area contributed by atoms with Crippen molar-refractivity contribution in [2.45, 2.75) is 27.2 Å². The molecular formula is C16H27N3OS. The molecule has 0 spiro atoms. The van der Waals surface area contributed by atoms with Crippen LogP contribution < -0.4 is 11.1 Å². The van der Waals surface area contributed by atoms with E-state index in [0.717, 1.165) is 48.1 Å². The van der Waals surface area contributed by atoms with Crippen LogP contribution in [-0.2, 0) is 4.79 Å². The topological polar surface area (TPSA) is 58.4 Å². The van der Waals surface area contributed by atoms with Crippen molar-refractivity contribution in [2.75, 3.05) is 42.2 Å². The lowest BCUT2D eigenvalue weighted by Crippen LogP contribution is -2.25. The summed E-state index contributed by atoms with van der Waals surface area (Å²) in [4.78, 5) is 14.3. The van der Waals surface area contributed by atoms with E-state index < -0.39 is 0 Å². The number of rotatable bonds is 9. The second kappa shape index (κ2) is 9.68. The summed E-state index contributed by atoms with van der Waals surface area (Å²) >= 11 is 1.84. The zero-order chi connectivity index (χ0) is 15.7. The lowest BCUT2D eigenvalue weighted by molar-refractivity contribution is -0.115. The van der Waals surface area contributed by atoms with Gasteiger partial charge in [0.1, 0.15) is 0 Å². The van der Waals surface area contributed by atoms with Crippen molar-refractivity contribution >= 4 is 29.0 Å². The van der Waals surface area contributed by atoms with Crippen molar-refractivity contribution in [3.05, 3.63) is 23.8 Å². The minimum Gasteiger partial charge on any atom is -0.399 e. The molecule has 0 saturated heterocycles. The fourth-order valence-corrected chi connectivity index (χ4v) is 2.96. The number of benzene rings is 1. The Morgan fingerprint density at radius 1 is 1.29 bits per heavy atom. The van der Waals surface area contributed by atoms with Crippen molar-refractivity contribution in [1.29, 1.82) is 0 Å². The Kier molecular flexibility index (Phi) is 8.23. The molecule has 3 N–H and O–H groups in total. The summed E-state index contributed by atoms with van der Waals surface area (Å²) in [6.07, 6.45) is 0.548. The van der Waals surface area contributed by atoms with E-state index in [1.165, 1.54) is 0 Å². The Morgan fingerprint density at radius 2 is 2.00 bits per heavy atom. The highest BCUT2D eigenvalue weighted by molar-refractivity contribution is 7.99. The number of hydrogen-bond acceptors (Lipinski definition) is 4. The Balaban J connectivity index is 2.22. The van der Waals surface area contributed by atoms with E-state index in [9.17, 15) is 4.79 Å². The van der Waals surface area contributed by atoms with Gasteiger partial charge in [-0.3, -0.25) is 4.79 Å². The Hall–Kier alpha value is -1.20. The van der Waals surface area contributed by atoms with Crippen LogP contribution in [0.15, 0.2) is 18.2 Å². The van der Waals surface area contributed by atoms with E-state index in [0.29, 0.717) is 6.42 Å². The van der Waals surface area contributed by atoms with Gasteiger partial charge in [-0.2, -0.15) is 11.8 Å². The lowest BCUT2D eigenvalue weighted by atomic mass is 10.2. The van der Waals surface area contributed by atoms with E-state index in [1.54, 1.807) is 6.07 Å². The average Bonchev–Trinajstić information content (AvgIpc) is 2.46. The van der Waals surface area contributed by atoms with Gasteiger partial charge in [0.25, 0.3) is 0 Å². The van der Waals surface area contributed by atoms with Crippen LogP contribution in [0.3, 0.4) is 0 Å². The molecule has 0 aliphatic heterocycles. The predicted molar refractivity (Wildman–Crippen MR) is 94.0 cm³/mol. The van der Waals surface area contributed by atoms with E-state index in [4.69, 9.17) is 5.73 Å². The van der Waals surface area contributed by atoms with Crippen molar-refractivity contribution in [3.8, 4) is 0 Å². The van der Waals surface area contributed by atoms with Gasteiger partial charge in [-0.05, 0) is 43.8 Å². The molecule has 21 heavy (non-hydrogen) atoms. The number of carbonyl (C=O) groups is 1. The molecule has 0 atom stereocenters. The Morgan fingerprint density at radius 3 is 2.62 bits per heavy atom. The number of nitrogens with one attached hydrogen (secondary N) is 1. The number of hydrogen-bond donors (Lipinski definition) is 2. The van der Waals surface area contributed by atoms with Gasteiger partial charge in [0.05, 0.1) is 0 Å². The molecule has 118 valence electrons. The van der Waals surface area contributed by atoms with Gasteiger partial charge >= 0.3 is 0 Å². The van der Waals surface area contributed by atoms with E-state index in [-0.39, 0.29) is 5.91 Å². The van der Waals surface area contributed by atoms with E-state index in [2.05, 4.69) is 24.1 Å². The van der Waals surface area contributed by atoms with Crippen LogP contribution >= 0.6 is 11.8 Å². The van der Waals surface area contributed by atoms with Gasteiger partial charge in [0.2, 0.25) is 5.91 Å². The second-order valence-electron chi connectivity index (χ2n) is 5.01. The first-order chi connectivity index (χ1) is 10.1. The normalized spacial score (nSPS) is 10.9. The predicted octanol–water partition coefficient (Wildman–Crippen LogP) is 2.98. The number of nitrogens with two attached hydrogens (primary N) is 1.